The summed E-state index contributed by atoms with van der Waals surface area (Å²) in [5, 5.41) is 4.83. The first-order chi connectivity index (χ1) is 7.95. The van der Waals surface area contributed by atoms with Gasteiger partial charge in [0.15, 0.2) is 0 Å². The first kappa shape index (κ1) is 13.5. The number of urea groups is 1. The molecule has 0 aromatic carbocycles. The number of alkyl halides is 2. The van der Waals surface area contributed by atoms with Crippen LogP contribution in [-0.2, 0) is 4.46 Å². The number of pyridine rings is 1. The third-order valence-electron chi connectivity index (χ3n) is 1.73. The van der Waals surface area contributed by atoms with E-state index in [-0.39, 0.29) is 5.96 Å². The van der Waals surface area contributed by atoms with Crippen LogP contribution in [0.2, 0.25) is 0 Å². The van der Waals surface area contributed by atoms with E-state index in [1.165, 1.54) is 7.05 Å². The number of primary amides is 1. The molecule has 17 heavy (non-hydrogen) atoms. The molecule has 0 atom stereocenters. The number of hydrogen-bond acceptors (Lipinski definition) is 3. The minimum atomic E-state index is -1.52. The monoisotopic (exact) mass is 275 g/mol. The molecule has 0 saturated carbocycles. The highest BCUT2D eigenvalue weighted by Crippen LogP contribution is 2.28. The summed E-state index contributed by atoms with van der Waals surface area (Å²) in [4.78, 5) is 18.4. The van der Waals surface area contributed by atoms with E-state index in [2.05, 4.69) is 20.6 Å². The van der Waals surface area contributed by atoms with Crippen molar-refractivity contribution < 1.29 is 4.79 Å². The molecular formula is C9H11Cl2N5O. The van der Waals surface area contributed by atoms with Gasteiger partial charge in [-0.2, -0.15) is 0 Å². The van der Waals surface area contributed by atoms with Crippen molar-refractivity contribution in [3.63, 3.8) is 0 Å². The van der Waals surface area contributed by atoms with Crippen LogP contribution in [-0.4, -0.2) is 24.0 Å². The number of carbonyl (C=O) groups is 1. The van der Waals surface area contributed by atoms with Crippen LogP contribution in [0.4, 0.5) is 4.79 Å². The molecule has 1 heterocycles. The fourth-order valence-corrected chi connectivity index (χ4v) is 1.42. The number of nitrogens with two attached hydrogens (primary N) is 1. The van der Waals surface area contributed by atoms with Crippen LogP contribution >= 0.6 is 23.2 Å². The van der Waals surface area contributed by atoms with Crippen molar-refractivity contribution in [3.05, 3.63) is 30.1 Å². The van der Waals surface area contributed by atoms with E-state index >= 15 is 0 Å². The molecule has 1 aromatic rings. The second-order valence-corrected chi connectivity index (χ2v) is 4.30. The lowest BCUT2D eigenvalue weighted by atomic mass is 10.3. The van der Waals surface area contributed by atoms with Crippen molar-refractivity contribution in [2.24, 2.45) is 10.7 Å². The van der Waals surface area contributed by atoms with Crippen LogP contribution in [0.15, 0.2) is 29.4 Å². The van der Waals surface area contributed by atoms with E-state index in [0.717, 1.165) is 0 Å². The molecule has 0 bridgehead atoms. The number of carbonyl (C=O) groups excluding carboxylic acids is 1. The number of guanidine groups is 1. The Kier molecular flexibility index (Phi) is 4.53. The summed E-state index contributed by atoms with van der Waals surface area (Å²) in [5.41, 5.74) is 5.32. The van der Waals surface area contributed by atoms with Gasteiger partial charge in [0.1, 0.15) is 0 Å². The van der Waals surface area contributed by atoms with E-state index in [1.807, 2.05) is 0 Å². The molecule has 0 aliphatic rings. The van der Waals surface area contributed by atoms with Crippen LogP contribution in [0, 0.1) is 0 Å². The number of hydrogen-bond donors (Lipinski definition) is 3. The van der Waals surface area contributed by atoms with Crippen LogP contribution in [0.1, 0.15) is 5.69 Å². The fraction of sp³-hybridized carbons (Fsp3) is 0.222. The van der Waals surface area contributed by atoms with Crippen LogP contribution in [0.3, 0.4) is 0 Å². The van der Waals surface area contributed by atoms with Crippen molar-refractivity contribution in [1.29, 1.82) is 0 Å². The summed E-state index contributed by atoms with van der Waals surface area (Å²) in [5.74, 6) is 0.0492. The van der Waals surface area contributed by atoms with Gasteiger partial charge in [-0.1, -0.05) is 29.3 Å². The highest BCUT2D eigenvalue weighted by molar-refractivity contribution is 6.48. The van der Waals surface area contributed by atoms with Gasteiger partial charge in [-0.25, -0.2) is 4.79 Å². The third-order valence-corrected chi connectivity index (χ3v) is 2.30. The Morgan fingerprint density at radius 3 is 2.71 bits per heavy atom. The molecule has 4 N–H and O–H groups in total. The SMILES string of the molecule is CN=C(NC(N)=O)NC(Cl)(Cl)c1ccccn1. The van der Waals surface area contributed by atoms with E-state index in [4.69, 9.17) is 28.9 Å². The molecular weight excluding hydrogens is 265 g/mol. The Balaban J connectivity index is 2.82. The average Bonchev–Trinajstić information content (AvgIpc) is 2.28. The Morgan fingerprint density at radius 2 is 2.24 bits per heavy atom. The van der Waals surface area contributed by atoms with Gasteiger partial charge in [0.2, 0.25) is 10.4 Å². The van der Waals surface area contributed by atoms with E-state index in [1.54, 1.807) is 24.4 Å². The number of amides is 2. The maximum atomic E-state index is 10.7. The van der Waals surface area contributed by atoms with Gasteiger partial charge >= 0.3 is 6.03 Å². The van der Waals surface area contributed by atoms with E-state index in [9.17, 15) is 4.79 Å². The molecule has 2 amide bonds. The highest BCUT2D eigenvalue weighted by Gasteiger charge is 2.29. The molecule has 0 aliphatic carbocycles. The number of nitrogens with one attached hydrogen (secondary N) is 2. The summed E-state index contributed by atoms with van der Waals surface area (Å²) < 4.78 is -1.52. The van der Waals surface area contributed by atoms with Crippen molar-refractivity contribution >= 4 is 35.2 Å². The lowest BCUT2D eigenvalue weighted by Crippen LogP contribution is -2.48. The zero-order valence-electron chi connectivity index (χ0n) is 8.95. The molecule has 0 fully saturated rings. The first-order valence-corrected chi connectivity index (χ1v) is 5.32. The summed E-state index contributed by atoms with van der Waals surface area (Å²) in [6.07, 6.45) is 1.54. The fourth-order valence-electron chi connectivity index (χ4n) is 1.02. The zero-order valence-corrected chi connectivity index (χ0v) is 10.5. The summed E-state index contributed by atoms with van der Waals surface area (Å²) >= 11 is 12.1. The summed E-state index contributed by atoms with van der Waals surface area (Å²) in [7, 11) is 1.44. The summed E-state index contributed by atoms with van der Waals surface area (Å²) in [6, 6.07) is 4.31. The second kappa shape index (κ2) is 5.70. The zero-order chi connectivity index (χ0) is 12.9. The Morgan fingerprint density at radius 1 is 1.53 bits per heavy atom. The molecule has 0 unspecified atom stereocenters. The lowest BCUT2D eigenvalue weighted by Gasteiger charge is -2.22. The number of aliphatic imine (C=N–C) groups is 1. The quantitative estimate of drug-likeness (QED) is 0.324. The molecule has 8 heteroatoms. The van der Waals surface area contributed by atoms with Crippen LogP contribution in [0.5, 0.6) is 0 Å². The van der Waals surface area contributed by atoms with Gasteiger partial charge in [0.05, 0.1) is 5.69 Å². The normalized spacial score (nSPS) is 12.1. The lowest BCUT2D eigenvalue weighted by molar-refractivity contribution is 0.252. The van der Waals surface area contributed by atoms with Crippen molar-refractivity contribution in [2.45, 2.75) is 4.46 Å². The van der Waals surface area contributed by atoms with Gasteiger partial charge in [-0.05, 0) is 12.1 Å². The number of nitrogens with zero attached hydrogens (tertiary/aromatic N) is 2. The standard InChI is InChI=1S/C9H11Cl2N5O/c1-13-8(15-7(12)17)16-9(10,11)6-4-2-3-5-14-6/h2-5H,1H3,(H4,12,13,15,16,17). The van der Waals surface area contributed by atoms with Crippen molar-refractivity contribution in [2.75, 3.05) is 7.05 Å². The Bertz CT molecular complexity index is 421. The molecule has 6 nitrogen and oxygen atoms in total. The first-order valence-electron chi connectivity index (χ1n) is 4.56. The topological polar surface area (TPSA) is 92.4 Å². The van der Waals surface area contributed by atoms with Crippen molar-refractivity contribution in [3.8, 4) is 0 Å². The van der Waals surface area contributed by atoms with Gasteiger partial charge in [-0.15, -0.1) is 0 Å². The van der Waals surface area contributed by atoms with Crippen LogP contribution in [0.25, 0.3) is 0 Å². The van der Waals surface area contributed by atoms with Gasteiger partial charge in [0, 0.05) is 13.2 Å². The van der Waals surface area contributed by atoms with Gasteiger partial charge in [0.25, 0.3) is 0 Å². The third kappa shape index (κ3) is 4.08. The molecule has 1 aromatic heterocycles. The highest BCUT2D eigenvalue weighted by atomic mass is 35.5. The maximum absolute atomic E-state index is 10.7. The van der Waals surface area contributed by atoms with Crippen LogP contribution < -0.4 is 16.4 Å². The molecule has 0 spiro atoms. The Labute approximate surface area is 108 Å². The largest absolute Gasteiger partial charge is 0.351 e. The molecule has 92 valence electrons. The van der Waals surface area contributed by atoms with E-state index in [0.29, 0.717) is 5.69 Å². The molecule has 0 saturated heterocycles. The molecule has 0 radical (unpaired) electrons. The smallest absolute Gasteiger partial charge is 0.318 e. The van der Waals surface area contributed by atoms with E-state index < -0.39 is 10.5 Å². The summed E-state index contributed by atoms with van der Waals surface area (Å²) in [6.45, 7) is 0. The predicted octanol–water partition coefficient (Wildman–Crippen LogP) is 0.913. The van der Waals surface area contributed by atoms with Gasteiger partial charge in [-0.3, -0.25) is 15.3 Å². The number of aromatic nitrogens is 1. The Hall–Kier alpha value is -1.53. The molecule has 0 aliphatic heterocycles. The second-order valence-electron chi connectivity index (χ2n) is 2.98. The number of halogens is 2. The number of rotatable bonds is 2. The minimum absolute atomic E-state index is 0.0492. The van der Waals surface area contributed by atoms with Crippen molar-refractivity contribution in [1.82, 2.24) is 15.6 Å². The predicted molar refractivity (Wildman–Crippen MR) is 66.8 cm³/mol. The van der Waals surface area contributed by atoms with Gasteiger partial charge < -0.3 is 11.1 Å². The average molecular weight is 276 g/mol. The molecule has 1 rings (SSSR count). The maximum Gasteiger partial charge on any atom is 0.318 e. The minimum Gasteiger partial charge on any atom is -0.351 e.